The van der Waals surface area contributed by atoms with Crippen LogP contribution < -0.4 is 5.32 Å². The van der Waals surface area contributed by atoms with Crippen LogP contribution in [-0.2, 0) is 6.54 Å². The van der Waals surface area contributed by atoms with Crippen LogP contribution in [0.15, 0.2) is 30.3 Å². The lowest BCUT2D eigenvalue weighted by Gasteiger charge is -2.11. The van der Waals surface area contributed by atoms with Crippen molar-refractivity contribution in [1.29, 1.82) is 0 Å². The minimum Gasteiger partial charge on any atom is -0.379 e. The highest BCUT2D eigenvalue weighted by Gasteiger charge is 2.02. The second-order valence-electron chi connectivity index (χ2n) is 4.55. The number of halogens is 1. The average molecular weight is 261 g/mol. The van der Waals surface area contributed by atoms with Crippen molar-refractivity contribution in [2.45, 2.75) is 27.3 Å². The summed E-state index contributed by atoms with van der Waals surface area (Å²) >= 11 is 5.84. The molecule has 0 spiro atoms. The van der Waals surface area contributed by atoms with Gasteiger partial charge in [0.2, 0.25) is 0 Å². The molecule has 94 valence electrons. The van der Waals surface area contributed by atoms with Gasteiger partial charge in [0.05, 0.1) is 11.4 Å². The fraction of sp³-hybridized carbons (Fsp3) is 0.267. The van der Waals surface area contributed by atoms with Crippen LogP contribution in [0.2, 0.25) is 5.15 Å². The Hall–Kier alpha value is -1.54. The van der Waals surface area contributed by atoms with Crippen molar-refractivity contribution in [2.75, 3.05) is 5.32 Å². The zero-order valence-corrected chi connectivity index (χ0v) is 11.7. The summed E-state index contributed by atoms with van der Waals surface area (Å²) in [5, 5.41) is 3.93. The Kier molecular flexibility index (Phi) is 3.87. The molecule has 0 bridgehead atoms. The van der Waals surface area contributed by atoms with Gasteiger partial charge < -0.3 is 5.32 Å². The molecule has 0 radical (unpaired) electrons. The van der Waals surface area contributed by atoms with E-state index in [0.717, 1.165) is 17.9 Å². The monoisotopic (exact) mass is 260 g/mol. The van der Waals surface area contributed by atoms with E-state index in [1.54, 1.807) is 6.07 Å². The number of aromatic nitrogens is 1. The van der Waals surface area contributed by atoms with E-state index in [1.807, 2.05) is 13.0 Å². The zero-order valence-electron chi connectivity index (χ0n) is 10.9. The van der Waals surface area contributed by atoms with Crippen LogP contribution in [0.25, 0.3) is 0 Å². The van der Waals surface area contributed by atoms with Crippen LogP contribution in [0, 0.1) is 20.8 Å². The number of pyridine rings is 1. The zero-order chi connectivity index (χ0) is 13.1. The molecule has 0 saturated carbocycles. The van der Waals surface area contributed by atoms with Gasteiger partial charge in [-0.25, -0.2) is 4.98 Å². The molecule has 18 heavy (non-hydrogen) atoms. The van der Waals surface area contributed by atoms with Crippen molar-refractivity contribution in [3.63, 3.8) is 0 Å². The maximum Gasteiger partial charge on any atom is 0.129 e. The summed E-state index contributed by atoms with van der Waals surface area (Å²) in [6, 6.07) is 10.3. The summed E-state index contributed by atoms with van der Waals surface area (Å²) < 4.78 is 0. The summed E-state index contributed by atoms with van der Waals surface area (Å²) in [7, 11) is 0. The van der Waals surface area contributed by atoms with Gasteiger partial charge in [-0.05, 0) is 44.0 Å². The lowest BCUT2D eigenvalue weighted by Crippen LogP contribution is -2.03. The minimum absolute atomic E-state index is 0.532. The van der Waals surface area contributed by atoms with Crippen molar-refractivity contribution < 1.29 is 0 Å². The standard InChI is InChI=1S/C15H17ClN2/c1-10-4-5-13(11(2)8-10)9-17-14-6-7-15(16)18-12(14)3/h4-8,17H,9H2,1-3H3. The van der Waals surface area contributed by atoms with Gasteiger partial charge in [0.25, 0.3) is 0 Å². The van der Waals surface area contributed by atoms with Crippen molar-refractivity contribution >= 4 is 17.3 Å². The summed E-state index contributed by atoms with van der Waals surface area (Å²) in [6.45, 7) is 7.00. The molecule has 1 heterocycles. The molecule has 1 N–H and O–H groups in total. The first-order valence-corrected chi connectivity index (χ1v) is 6.37. The molecule has 0 unspecified atom stereocenters. The molecule has 0 atom stereocenters. The van der Waals surface area contributed by atoms with Crippen LogP contribution in [0.3, 0.4) is 0 Å². The van der Waals surface area contributed by atoms with Crippen LogP contribution in [-0.4, -0.2) is 4.98 Å². The predicted octanol–water partition coefficient (Wildman–Crippen LogP) is 4.27. The molecule has 2 aromatic rings. The molecule has 0 aliphatic rings. The van der Waals surface area contributed by atoms with Crippen LogP contribution in [0.5, 0.6) is 0 Å². The normalized spacial score (nSPS) is 10.4. The Bertz CT molecular complexity index is 513. The Morgan fingerprint density at radius 2 is 1.89 bits per heavy atom. The topological polar surface area (TPSA) is 24.9 Å². The molecular weight excluding hydrogens is 244 g/mol. The van der Waals surface area contributed by atoms with Gasteiger partial charge in [-0.3, -0.25) is 0 Å². The highest BCUT2D eigenvalue weighted by molar-refractivity contribution is 6.29. The van der Waals surface area contributed by atoms with Gasteiger partial charge in [0.1, 0.15) is 5.15 Å². The Morgan fingerprint density at radius 3 is 2.56 bits per heavy atom. The molecule has 1 aromatic heterocycles. The number of hydrogen-bond acceptors (Lipinski definition) is 2. The van der Waals surface area contributed by atoms with E-state index in [1.165, 1.54) is 16.7 Å². The second-order valence-corrected chi connectivity index (χ2v) is 4.94. The maximum atomic E-state index is 5.84. The molecule has 1 aromatic carbocycles. The van der Waals surface area contributed by atoms with Gasteiger partial charge in [-0.1, -0.05) is 35.4 Å². The average Bonchev–Trinajstić information content (AvgIpc) is 2.30. The molecule has 0 aliphatic carbocycles. The van der Waals surface area contributed by atoms with Gasteiger partial charge in [0, 0.05) is 6.54 Å². The number of aryl methyl sites for hydroxylation is 3. The van der Waals surface area contributed by atoms with Gasteiger partial charge in [-0.2, -0.15) is 0 Å². The highest BCUT2D eigenvalue weighted by Crippen LogP contribution is 2.18. The SMILES string of the molecule is Cc1ccc(CNc2ccc(Cl)nc2C)c(C)c1. The Balaban J connectivity index is 2.11. The van der Waals surface area contributed by atoms with Crippen LogP contribution in [0.4, 0.5) is 5.69 Å². The summed E-state index contributed by atoms with van der Waals surface area (Å²) in [6.07, 6.45) is 0. The third kappa shape index (κ3) is 3.02. The summed E-state index contributed by atoms with van der Waals surface area (Å²) in [5.74, 6) is 0. The number of hydrogen-bond donors (Lipinski definition) is 1. The maximum absolute atomic E-state index is 5.84. The van der Waals surface area contributed by atoms with E-state index in [-0.39, 0.29) is 0 Å². The quantitative estimate of drug-likeness (QED) is 0.834. The Labute approximate surface area is 113 Å². The molecule has 2 nitrogen and oxygen atoms in total. The largest absolute Gasteiger partial charge is 0.379 e. The molecule has 0 saturated heterocycles. The minimum atomic E-state index is 0.532. The summed E-state index contributed by atoms with van der Waals surface area (Å²) in [4.78, 5) is 4.23. The van der Waals surface area contributed by atoms with E-state index >= 15 is 0 Å². The third-order valence-corrected chi connectivity index (χ3v) is 3.23. The van der Waals surface area contributed by atoms with Crippen molar-refractivity contribution in [3.05, 3.63) is 57.9 Å². The number of rotatable bonds is 3. The van der Waals surface area contributed by atoms with Gasteiger partial charge in [0.15, 0.2) is 0 Å². The fourth-order valence-corrected chi connectivity index (χ4v) is 2.14. The van der Waals surface area contributed by atoms with Crippen LogP contribution >= 0.6 is 11.6 Å². The molecule has 0 fully saturated rings. The van der Waals surface area contributed by atoms with E-state index in [4.69, 9.17) is 11.6 Å². The molecule has 0 aliphatic heterocycles. The highest BCUT2D eigenvalue weighted by atomic mass is 35.5. The summed E-state index contributed by atoms with van der Waals surface area (Å²) in [5.41, 5.74) is 5.85. The van der Waals surface area contributed by atoms with Gasteiger partial charge in [-0.15, -0.1) is 0 Å². The number of anilines is 1. The van der Waals surface area contributed by atoms with Crippen LogP contribution in [0.1, 0.15) is 22.4 Å². The third-order valence-electron chi connectivity index (χ3n) is 3.02. The smallest absolute Gasteiger partial charge is 0.129 e. The number of nitrogens with one attached hydrogen (secondary N) is 1. The first-order chi connectivity index (χ1) is 8.56. The second kappa shape index (κ2) is 5.40. The first kappa shape index (κ1) is 12.9. The first-order valence-electron chi connectivity index (χ1n) is 5.99. The van der Waals surface area contributed by atoms with Gasteiger partial charge >= 0.3 is 0 Å². The number of nitrogens with zero attached hydrogens (tertiary/aromatic N) is 1. The molecule has 0 amide bonds. The Morgan fingerprint density at radius 1 is 1.11 bits per heavy atom. The van der Waals surface area contributed by atoms with E-state index in [2.05, 4.69) is 42.3 Å². The lowest BCUT2D eigenvalue weighted by molar-refractivity contribution is 1.09. The molecule has 2 rings (SSSR count). The van der Waals surface area contributed by atoms with E-state index < -0.39 is 0 Å². The predicted molar refractivity (Wildman–Crippen MR) is 77.2 cm³/mol. The van der Waals surface area contributed by atoms with Crippen molar-refractivity contribution in [3.8, 4) is 0 Å². The van der Waals surface area contributed by atoms with Crippen molar-refractivity contribution in [2.24, 2.45) is 0 Å². The molecule has 3 heteroatoms. The van der Waals surface area contributed by atoms with E-state index in [9.17, 15) is 0 Å². The number of benzene rings is 1. The van der Waals surface area contributed by atoms with Crippen molar-refractivity contribution in [1.82, 2.24) is 4.98 Å². The fourth-order valence-electron chi connectivity index (χ4n) is 1.95. The lowest BCUT2D eigenvalue weighted by atomic mass is 10.1. The molecular formula is C15H17ClN2. The van der Waals surface area contributed by atoms with E-state index in [0.29, 0.717) is 5.15 Å².